The fourth-order valence-corrected chi connectivity index (χ4v) is 2.19. The van der Waals surface area contributed by atoms with E-state index in [0.717, 1.165) is 11.1 Å². The second kappa shape index (κ2) is 6.41. The van der Waals surface area contributed by atoms with Crippen molar-refractivity contribution < 1.29 is 4.79 Å². The molecule has 110 valence electrons. The standard InChI is InChI=1S/C16H13ClN4O/c17-15-7-13(20-10-21-15)12-6-14(18-9-12)16(22)19-8-11-4-2-1-3-5-11/h1-7,9-10,18H,8H2,(H,19,22). The largest absolute Gasteiger partial charge is 0.357 e. The smallest absolute Gasteiger partial charge is 0.267 e. The molecule has 0 atom stereocenters. The molecule has 0 aliphatic rings. The maximum atomic E-state index is 12.1. The first-order valence-corrected chi connectivity index (χ1v) is 7.08. The Balaban J connectivity index is 1.69. The van der Waals surface area contributed by atoms with Crippen molar-refractivity contribution in [1.29, 1.82) is 0 Å². The van der Waals surface area contributed by atoms with Crippen LogP contribution >= 0.6 is 11.6 Å². The first kappa shape index (κ1) is 14.3. The van der Waals surface area contributed by atoms with E-state index < -0.39 is 0 Å². The normalized spacial score (nSPS) is 10.4. The summed E-state index contributed by atoms with van der Waals surface area (Å²) in [5.41, 5.74) is 2.97. The van der Waals surface area contributed by atoms with Crippen LogP contribution in [-0.2, 0) is 6.54 Å². The van der Waals surface area contributed by atoms with Crippen LogP contribution in [0.25, 0.3) is 11.3 Å². The van der Waals surface area contributed by atoms with Gasteiger partial charge in [-0.15, -0.1) is 0 Å². The summed E-state index contributed by atoms with van der Waals surface area (Å²) in [6.07, 6.45) is 3.11. The number of nitrogens with zero attached hydrogens (tertiary/aromatic N) is 2. The lowest BCUT2D eigenvalue weighted by Crippen LogP contribution is -2.22. The van der Waals surface area contributed by atoms with Gasteiger partial charge in [0.2, 0.25) is 0 Å². The lowest BCUT2D eigenvalue weighted by Gasteiger charge is -2.03. The van der Waals surface area contributed by atoms with Gasteiger partial charge in [0.05, 0.1) is 5.69 Å². The van der Waals surface area contributed by atoms with Crippen molar-refractivity contribution in [3.63, 3.8) is 0 Å². The molecule has 0 saturated heterocycles. The zero-order valence-corrected chi connectivity index (χ0v) is 12.3. The number of H-pyrrole nitrogens is 1. The van der Waals surface area contributed by atoms with Gasteiger partial charge in [-0.3, -0.25) is 4.79 Å². The van der Waals surface area contributed by atoms with Crippen molar-refractivity contribution in [3.8, 4) is 11.3 Å². The Labute approximate surface area is 132 Å². The molecule has 1 aromatic carbocycles. The molecule has 0 radical (unpaired) electrons. The molecule has 0 bridgehead atoms. The van der Waals surface area contributed by atoms with Gasteiger partial charge in [0.25, 0.3) is 5.91 Å². The van der Waals surface area contributed by atoms with Crippen LogP contribution in [0.5, 0.6) is 0 Å². The molecule has 0 unspecified atom stereocenters. The van der Waals surface area contributed by atoms with E-state index in [9.17, 15) is 4.79 Å². The van der Waals surface area contributed by atoms with Crippen molar-refractivity contribution in [1.82, 2.24) is 20.3 Å². The summed E-state index contributed by atoms with van der Waals surface area (Å²) in [6.45, 7) is 0.480. The van der Waals surface area contributed by atoms with Gasteiger partial charge < -0.3 is 10.3 Å². The molecule has 0 saturated carbocycles. The summed E-state index contributed by atoms with van der Waals surface area (Å²) >= 11 is 5.84. The van der Waals surface area contributed by atoms with Crippen molar-refractivity contribution in [2.45, 2.75) is 6.54 Å². The number of hydrogen-bond acceptors (Lipinski definition) is 3. The number of aromatic nitrogens is 3. The van der Waals surface area contributed by atoms with Gasteiger partial charge in [0.1, 0.15) is 17.2 Å². The predicted molar refractivity (Wildman–Crippen MR) is 84.4 cm³/mol. The monoisotopic (exact) mass is 312 g/mol. The average molecular weight is 313 g/mol. The maximum absolute atomic E-state index is 12.1. The molecule has 0 aliphatic carbocycles. The van der Waals surface area contributed by atoms with Crippen molar-refractivity contribution in [2.24, 2.45) is 0 Å². The Hall–Kier alpha value is -2.66. The summed E-state index contributed by atoms with van der Waals surface area (Å²) < 4.78 is 0. The zero-order chi connectivity index (χ0) is 15.4. The summed E-state index contributed by atoms with van der Waals surface area (Å²) in [5.74, 6) is -0.171. The third-order valence-corrected chi connectivity index (χ3v) is 3.36. The Morgan fingerprint density at radius 1 is 1.18 bits per heavy atom. The fourth-order valence-electron chi connectivity index (χ4n) is 2.04. The van der Waals surface area contributed by atoms with E-state index in [1.807, 2.05) is 30.3 Å². The van der Waals surface area contributed by atoms with Crippen LogP contribution in [0.1, 0.15) is 16.1 Å². The van der Waals surface area contributed by atoms with E-state index in [4.69, 9.17) is 11.6 Å². The van der Waals surface area contributed by atoms with E-state index >= 15 is 0 Å². The van der Waals surface area contributed by atoms with Gasteiger partial charge in [-0.05, 0) is 11.6 Å². The summed E-state index contributed by atoms with van der Waals surface area (Å²) in [4.78, 5) is 23.0. The first-order chi connectivity index (χ1) is 10.7. The molecular weight excluding hydrogens is 300 g/mol. The Kier molecular flexibility index (Phi) is 4.16. The number of carbonyl (C=O) groups excluding carboxylic acids is 1. The molecule has 0 fully saturated rings. The van der Waals surface area contributed by atoms with Gasteiger partial charge >= 0.3 is 0 Å². The molecule has 2 aromatic heterocycles. The molecule has 3 aromatic rings. The Morgan fingerprint density at radius 3 is 2.77 bits per heavy atom. The first-order valence-electron chi connectivity index (χ1n) is 6.71. The van der Waals surface area contributed by atoms with Gasteiger partial charge in [0.15, 0.2) is 0 Å². The Morgan fingerprint density at radius 2 is 2.00 bits per heavy atom. The highest BCUT2D eigenvalue weighted by atomic mass is 35.5. The van der Waals surface area contributed by atoms with E-state index in [0.29, 0.717) is 23.1 Å². The molecule has 5 nitrogen and oxygen atoms in total. The minimum absolute atomic E-state index is 0.171. The van der Waals surface area contributed by atoms with Crippen LogP contribution in [0.4, 0.5) is 0 Å². The van der Waals surface area contributed by atoms with Crippen molar-refractivity contribution >= 4 is 17.5 Å². The molecule has 3 rings (SSSR count). The fraction of sp³-hybridized carbons (Fsp3) is 0.0625. The average Bonchev–Trinajstić information content (AvgIpc) is 3.04. The van der Waals surface area contributed by atoms with Crippen LogP contribution in [0, 0.1) is 0 Å². The third kappa shape index (κ3) is 3.32. The van der Waals surface area contributed by atoms with Crippen LogP contribution in [0.15, 0.2) is 55.0 Å². The van der Waals surface area contributed by atoms with Crippen molar-refractivity contribution in [3.05, 3.63) is 71.4 Å². The number of nitrogens with one attached hydrogen (secondary N) is 2. The van der Waals surface area contributed by atoms with Gasteiger partial charge in [-0.2, -0.15) is 0 Å². The Bertz CT molecular complexity index is 786. The quantitative estimate of drug-likeness (QED) is 0.727. The van der Waals surface area contributed by atoms with Crippen LogP contribution in [-0.4, -0.2) is 20.9 Å². The highest BCUT2D eigenvalue weighted by molar-refractivity contribution is 6.29. The number of hydrogen-bond donors (Lipinski definition) is 2. The molecule has 2 N–H and O–H groups in total. The highest BCUT2D eigenvalue weighted by Gasteiger charge is 2.10. The third-order valence-electron chi connectivity index (χ3n) is 3.15. The molecule has 6 heteroatoms. The number of halogens is 1. The van der Waals surface area contributed by atoms with E-state index in [2.05, 4.69) is 20.3 Å². The lowest BCUT2D eigenvalue weighted by atomic mass is 10.2. The second-order valence-corrected chi connectivity index (χ2v) is 5.08. The number of carbonyl (C=O) groups is 1. The summed E-state index contributed by atoms with van der Waals surface area (Å²) in [5, 5.41) is 3.22. The lowest BCUT2D eigenvalue weighted by molar-refractivity contribution is 0.0946. The molecular formula is C16H13ClN4O. The van der Waals surface area contributed by atoms with Crippen molar-refractivity contribution in [2.75, 3.05) is 0 Å². The predicted octanol–water partition coefficient (Wildman–Crippen LogP) is 3.06. The topological polar surface area (TPSA) is 70.7 Å². The van der Waals surface area contributed by atoms with Gasteiger partial charge in [0, 0.05) is 24.4 Å². The van der Waals surface area contributed by atoms with E-state index in [1.54, 1.807) is 18.3 Å². The SMILES string of the molecule is O=C(NCc1ccccc1)c1cc(-c2cc(Cl)ncn2)c[nH]1. The molecule has 0 aliphatic heterocycles. The van der Waals surface area contributed by atoms with Crippen LogP contribution in [0.3, 0.4) is 0 Å². The van der Waals surface area contributed by atoms with E-state index in [1.165, 1.54) is 6.33 Å². The maximum Gasteiger partial charge on any atom is 0.267 e. The molecule has 0 spiro atoms. The summed E-state index contributed by atoms with van der Waals surface area (Å²) in [6, 6.07) is 13.1. The van der Waals surface area contributed by atoms with E-state index in [-0.39, 0.29) is 5.91 Å². The van der Waals surface area contributed by atoms with Gasteiger partial charge in [-0.25, -0.2) is 9.97 Å². The minimum Gasteiger partial charge on any atom is -0.357 e. The second-order valence-electron chi connectivity index (χ2n) is 4.70. The number of rotatable bonds is 4. The number of benzene rings is 1. The number of amides is 1. The highest BCUT2D eigenvalue weighted by Crippen LogP contribution is 2.19. The number of aromatic amines is 1. The zero-order valence-electron chi connectivity index (χ0n) is 11.6. The molecule has 1 amide bonds. The van der Waals surface area contributed by atoms with Crippen LogP contribution < -0.4 is 5.32 Å². The van der Waals surface area contributed by atoms with Crippen LogP contribution in [0.2, 0.25) is 5.15 Å². The summed E-state index contributed by atoms with van der Waals surface area (Å²) in [7, 11) is 0. The van der Waals surface area contributed by atoms with Gasteiger partial charge in [-0.1, -0.05) is 41.9 Å². The minimum atomic E-state index is -0.171. The molecule has 2 heterocycles. The molecule has 22 heavy (non-hydrogen) atoms.